The zero-order valence-electron chi connectivity index (χ0n) is 12.4. The molecule has 0 fully saturated rings. The van der Waals surface area contributed by atoms with Crippen LogP contribution in [-0.4, -0.2) is 33.1 Å². The molecule has 0 bridgehead atoms. The summed E-state index contributed by atoms with van der Waals surface area (Å²) < 4.78 is 31.3. The van der Waals surface area contributed by atoms with Crippen LogP contribution in [0.5, 0.6) is 0 Å². The Morgan fingerprint density at radius 3 is 2.57 bits per heavy atom. The predicted molar refractivity (Wildman–Crippen MR) is 86.9 cm³/mol. The van der Waals surface area contributed by atoms with E-state index in [1.54, 1.807) is 6.07 Å². The highest BCUT2D eigenvalue weighted by molar-refractivity contribution is 7.89. The lowest BCUT2D eigenvalue weighted by Crippen LogP contribution is -2.26. The first-order chi connectivity index (χ1) is 10.9. The quantitative estimate of drug-likeness (QED) is 0.741. The van der Waals surface area contributed by atoms with Crippen molar-refractivity contribution in [3.05, 3.63) is 52.2 Å². The van der Waals surface area contributed by atoms with E-state index in [1.807, 2.05) is 10.8 Å². The molecule has 6 nitrogen and oxygen atoms in total. The van der Waals surface area contributed by atoms with Crippen molar-refractivity contribution in [3.8, 4) is 0 Å². The van der Waals surface area contributed by atoms with Crippen molar-refractivity contribution in [2.75, 3.05) is 13.7 Å². The lowest BCUT2D eigenvalue weighted by molar-refractivity contribution is 0.0600. The molecule has 124 valence electrons. The van der Waals surface area contributed by atoms with E-state index in [0.717, 1.165) is 5.56 Å². The van der Waals surface area contributed by atoms with Gasteiger partial charge in [-0.05, 0) is 53.1 Å². The number of aliphatic hydroxyl groups excluding tert-OH is 1. The number of esters is 1. The third kappa shape index (κ3) is 4.61. The average Bonchev–Trinajstić information content (AvgIpc) is 3.08. The Morgan fingerprint density at radius 1 is 1.30 bits per heavy atom. The van der Waals surface area contributed by atoms with Gasteiger partial charge in [-0.25, -0.2) is 17.9 Å². The third-order valence-corrected chi connectivity index (χ3v) is 5.40. The first kappa shape index (κ1) is 17.6. The Balaban J connectivity index is 1.95. The summed E-state index contributed by atoms with van der Waals surface area (Å²) in [6.45, 7) is 0.109. The number of ether oxygens (including phenoxy) is 1. The number of hydrogen-bond acceptors (Lipinski definition) is 6. The molecule has 0 amide bonds. The Kier molecular flexibility index (Phi) is 5.89. The number of hydrogen-bond donors (Lipinski definition) is 2. The lowest BCUT2D eigenvalue weighted by atomic mass is 10.1. The van der Waals surface area contributed by atoms with Crippen LogP contribution in [0.4, 0.5) is 0 Å². The van der Waals surface area contributed by atoms with Gasteiger partial charge in [-0.15, -0.1) is 0 Å². The van der Waals surface area contributed by atoms with Gasteiger partial charge in [0.15, 0.2) is 0 Å². The Hall–Kier alpha value is -1.74. The molecular formula is C15H17NO5S2. The summed E-state index contributed by atoms with van der Waals surface area (Å²) in [6, 6.07) is 7.25. The highest BCUT2D eigenvalue weighted by Gasteiger charge is 2.16. The zero-order valence-corrected chi connectivity index (χ0v) is 14.1. The largest absolute Gasteiger partial charge is 0.465 e. The molecule has 0 aliphatic carbocycles. The molecule has 0 spiro atoms. The molecule has 1 atom stereocenters. The predicted octanol–water partition coefficient (Wildman–Crippen LogP) is 1.94. The maximum absolute atomic E-state index is 12.1. The topological polar surface area (TPSA) is 92.7 Å². The van der Waals surface area contributed by atoms with Crippen molar-refractivity contribution in [3.63, 3.8) is 0 Å². The van der Waals surface area contributed by atoms with Crippen molar-refractivity contribution in [1.82, 2.24) is 4.72 Å². The summed E-state index contributed by atoms with van der Waals surface area (Å²) in [5.41, 5.74) is 1.05. The number of carbonyl (C=O) groups excluding carboxylic acids is 1. The fourth-order valence-electron chi connectivity index (χ4n) is 1.93. The van der Waals surface area contributed by atoms with E-state index in [0.29, 0.717) is 0 Å². The molecule has 2 rings (SSSR count). The number of benzene rings is 1. The van der Waals surface area contributed by atoms with Crippen molar-refractivity contribution in [1.29, 1.82) is 0 Å². The smallest absolute Gasteiger partial charge is 0.337 e. The van der Waals surface area contributed by atoms with Crippen molar-refractivity contribution < 1.29 is 23.1 Å². The third-order valence-electron chi connectivity index (χ3n) is 3.22. The van der Waals surface area contributed by atoms with Crippen molar-refractivity contribution >= 4 is 27.3 Å². The van der Waals surface area contributed by atoms with Gasteiger partial charge in [-0.2, -0.15) is 11.3 Å². The summed E-state index contributed by atoms with van der Waals surface area (Å²) in [5.74, 6) is -0.527. The Bertz CT molecular complexity index is 739. The van der Waals surface area contributed by atoms with Gasteiger partial charge in [0.25, 0.3) is 0 Å². The van der Waals surface area contributed by atoms with E-state index < -0.39 is 22.1 Å². The molecule has 0 saturated heterocycles. The second-order valence-corrected chi connectivity index (χ2v) is 7.32. The number of rotatable bonds is 7. The van der Waals surface area contributed by atoms with E-state index in [4.69, 9.17) is 0 Å². The van der Waals surface area contributed by atoms with Crippen LogP contribution in [-0.2, 0) is 14.8 Å². The molecule has 1 aromatic carbocycles. The second-order valence-electron chi connectivity index (χ2n) is 4.77. The summed E-state index contributed by atoms with van der Waals surface area (Å²) >= 11 is 1.47. The van der Waals surface area contributed by atoms with Gasteiger partial charge >= 0.3 is 5.97 Å². The molecular weight excluding hydrogens is 338 g/mol. The van der Waals surface area contributed by atoms with Crippen LogP contribution >= 0.6 is 11.3 Å². The Morgan fingerprint density at radius 2 is 2.00 bits per heavy atom. The van der Waals surface area contributed by atoms with Crippen molar-refractivity contribution in [2.24, 2.45) is 0 Å². The number of carbonyl (C=O) groups is 1. The van der Waals surface area contributed by atoms with Crippen LogP contribution in [0.1, 0.15) is 28.4 Å². The number of sulfonamides is 1. The van der Waals surface area contributed by atoms with E-state index in [1.165, 1.54) is 42.7 Å². The maximum atomic E-state index is 12.1. The van der Waals surface area contributed by atoms with Crippen LogP contribution in [0.2, 0.25) is 0 Å². The highest BCUT2D eigenvalue weighted by Crippen LogP contribution is 2.19. The van der Waals surface area contributed by atoms with Gasteiger partial charge in [0.05, 0.1) is 23.7 Å². The van der Waals surface area contributed by atoms with E-state index in [9.17, 15) is 18.3 Å². The second kappa shape index (κ2) is 7.69. The van der Waals surface area contributed by atoms with Gasteiger partial charge in [0.1, 0.15) is 0 Å². The van der Waals surface area contributed by atoms with Gasteiger partial charge < -0.3 is 9.84 Å². The van der Waals surface area contributed by atoms with Gasteiger partial charge in [-0.3, -0.25) is 0 Å². The van der Waals surface area contributed by atoms with E-state index in [2.05, 4.69) is 9.46 Å². The minimum atomic E-state index is -3.68. The molecule has 0 aliphatic rings. The fraction of sp³-hybridized carbons (Fsp3) is 0.267. The summed E-state index contributed by atoms with van der Waals surface area (Å²) in [7, 11) is -2.43. The monoisotopic (exact) mass is 355 g/mol. The van der Waals surface area contributed by atoms with Crippen LogP contribution in [0, 0.1) is 0 Å². The SMILES string of the molecule is COC(=O)c1ccc(S(=O)(=O)NCCC(O)c2ccsc2)cc1. The van der Waals surface area contributed by atoms with E-state index in [-0.39, 0.29) is 23.4 Å². The average molecular weight is 355 g/mol. The number of thiophene rings is 1. The van der Waals surface area contributed by atoms with Crippen LogP contribution < -0.4 is 4.72 Å². The number of aliphatic hydroxyl groups is 1. The maximum Gasteiger partial charge on any atom is 0.337 e. The van der Waals surface area contributed by atoms with Gasteiger partial charge in [-0.1, -0.05) is 0 Å². The molecule has 1 unspecified atom stereocenters. The molecule has 1 heterocycles. The van der Waals surface area contributed by atoms with Crippen LogP contribution in [0.25, 0.3) is 0 Å². The molecule has 23 heavy (non-hydrogen) atoms. The van der Waals surface area contributed by atoms with Crippen LogP contribution in [0.15, 0.2) is 46.0 Å². The first-order valence-corrected chi connectivity index (χ1v) is 9.25. The molecule has 0 aliphatic heterocycles. The van der Waals surface area contributed by atoms with Gasteiger partial charge in [0.2, 0.25) is 10.0 Å². The number of methoxy groups -OCH3 is 1. The molecule has 8 heteroatoms. The molecule has 0 saturated carbocycles. The molecule has 2 aromatic rings. The molecule has 2 N–H and O–H groups in total. The zero-order chi connectivity index (χ0) is 16.9. The van der Waals surface area contributed by atoms with Gasteiger partial charge in [0, 0.05) is 6.54 Å². The standard InChI is InChI=1S/C15H17NO5S2/c1-21-15(18)11-2-4-13(5-3-11)23(19,20)16-8-6-14(17)12-7-9-22-10-12/h2-5,7,9-10,14,16-17H,6,8H2,1H3. The Labute approximate surface area is 138 Å². The normalized spacial score (nSPS) is 12.8. The first-order valence-electron chi connectivity index (χ1n) is 6.82. The summed E-state index contributed by atoms with van der Waals surface area (Å²) in [4.78, 5) is 11.4. The fourth-order valence-corrected chi connectivity index (χ4v) is 3.69. The minimum absolute atomic E-state index is 0.0511. The lowest BCUT2D eigenvalue weighted by Gasteiger charge is -2.10. The molecule has 0 radical (unpaired) electrons. The summed E-state index contributed by atoms with van der Waals surface area (Å²) in [6.07, 6.45) is -0.429. The van der Waals surface area contributed by atoms with Crippen molar-refractivity contribution in [2.45, 2.75) is 17.4 Å². The molecule has 1 aromatic heterocycles. The number of nitrogens with one attached hydrogen (secondary N) is 1. The highest BCUT2D eigenvalue weighted by atomic mass is 32.2. The van der Waals surface area contributed by atoms with Crippen LogP contribution in [0.3, 0.4) is 0 Å². The minimum Gasteiger partial charge on any atom is -0.465 e. The summed E-state index contributed by atoms with van der Waals surface area (Å²) in [5, 5.41) is 13.6. The van der Waals surface area contributed by atoms with E-state index >= 15 is 0 Å².